The first-order valence-corrected chi connectivity index (χ1v) is 8.33. The van der Waals surface area contributed by atoms with E-state index in [-0.39, 0.29) is 17.2 Å². The minimum absolute atomic E-state index is 0.151. The van der Waals surface area contributed by atoms with E-state index in [4.69, 9.17) is 20.6 Å². The van der Waals surface area contributed by atoms with E-state index < -0.39 is 12.0 Å². The van der Waals surface area contributed by atoms with E-state index in [1.807, 2.05) is 30.3 Å². The Balaban J connectivity index is 2.69. The molecule has 27 heavy (non-hydrogen) atoms. The maximum atomic E-state index is 12.5. The molecule has 2 rings (SSSR count). The molecule has 0 aliphatic heterocycles. The third-order valence-corrected chi connectivity index (χ3v) is 4.28. The number of likely N-dealkylation sites (N-methyl/N-ethyl adjacent to an activating group) is 1. The number of hydrogen-bond donors (Lipinski definition) is 3. The van der Waals surface area contributed by atoms with E-state index in [1.54, 1.807) is 6.07 Å². The van der Waals surface area contributed by atoms with Crippen molar-refractivity contribution >= 4 is 34.4 Å². The van der Waals surface area contributed by atoms with Crippen LogP contribution in [0.5, 0.6) is 0 Å². The van der Waals surface area contributed by atoms with Gasteiger partial charge in [-0.05, 0) is 28.3 Å². The van der Waals surface area contributed by atoms with Crippen molar-refractivity contribution in [3.63, 3.8) is 0 Å². The second-order valence-corrected chi connectivity index (χ2v) is 5.82. The van der Waals surface area contributed by atoms with Gasteiger partial charge in [0.15, 0.2) is 0 Å². The van der Waals surface area contributed by atoms with Crippen LogP contribution in [0.15, 0.2) is 42.2 Å². The molecule has 4 N–H and O–H groups in total. The lowest BCUT2D eigenvalue weighted by atomic mass is 9.91. The Labute approximate surface area is 157 Å². The summed E-state index contributed by atoms with van der Waals surface area (Å²) in [6.07, 6.45) is 1.30. The molecule has 0 aliphatic rings. The van der Waals surface area contributed by atoms with Crippen LogP contribution in [0.1, 0.15) is 11.1 Å². The summed E-state index contributed by atoms with van der Waals surface area (Å²) in [4.78, 5) is 24.1. The first-order valence-electron chi connectivity index (χ1n) is 8.33. The summed E-state index contributed by atoms with van der Waals surface area (Å²) in [5.41, 5.74) is 7.66. The van der Waals surface area contributed by atoms with Crippen LogP contribution in [0.2, 0.25) is 0 Å². The number of methoxy groups -OCH3 is 2. The first-order chi connectivity index (χ1) is 13.0. The van der Waals surface area contributed by atoms with E-state index in [1.165, 1.54) is 21.3 Å². The van der Waals surface area contributed by atoms with Crippen LogP contribution in [-0.2, 0) is 25.5 Å². The average Bonchev–Trinajstić information content (AvgIpc) is 2.71. The number of rotatable bonds is 7. The van der Waals surface area contributed by atoms with Gasteiger partial charge in [0, 0.05) is 7.05 Å². The van der Waals surface area contributed by atoms with Crippen molar-refractivity contribution in [3.8, 4) is 0 Å². The summed E-state index contributed by atoms with van der Waals surface area (Å²) in [7, 11) is 4.23. The molecule has 0 spiro atoms. The normalized spacial score (nSPS) is 12.7. The molecule has 1 atom stereocenters. The Morgan fingerprint density at radius 2 is 1.81 bits per heavy atom. The van der Waals surface area contributed by atoms with E-state index in [0.29, 0.717) is 12.0 Å². The third-order valence-electron chi connectivity index (χ3n) is 4.28. The van der Waals surface area contributed by atoms with Crippen molar-refractivity contribution in [1.82, 2.24) is 5.32 Å². The van der Waals surface area contributed by atoms with Crippen LogP contribution in [-0.4, -0.2) is 45.4 Å². The van der Waals surface area contributed by atoms with Crippen molar-refractivity contribution in [2.45, 2.75) is 12.5 Å². The second-order valence-electron chi connectivity index (χ2n) is 5.82. The number of amides is 1. The van der Waals surface area contributed by atoms with Gasteiger partial charge in [0.05, 0.1) is 26.0 Å². The highest BCUT2D eigenvalue weighted by Crippen LogP contribution is 2.30. The van der Waals surface area contributed by atoms with Crippen molar-refractivity contribution in [1.29, 1.82) is 5.41 Å². The minimum atomic E-state index is -0.783. The Morgan fingerprint density at radius 3 is 2.37 bits per heavy atom. The summed E-state index contributed by atoms with van der Waals surface area (Å²) in [5, 5.41) is 11.8. The molecule has 0 saturated heterocycles. The standard InChI is InChI=1S/C20H23N3O4/c1-23-19(24)18(17(11-21)26-2)15-9-8-12(10-16(22)20(25)27-3)13-6-4-5-7-14(13)15/h4-9,11,16,21H,10,22H2,1-3H3,(H,23,24)/b18-17+,21-11?/t16-/m0/s1. The molecule has 0 aromatic heterocycles. The van der Waals surface area contributed by atoms with E-state index >= 15 is 0 Å². The number of hydrogen-bond acceptors (Lipinski definition) is 6. The van der Waals surface area contributed by atoms with Gasteiger partial charge >= 0.3 is 5.97 Å². The maximum absolute atomic E-state index is 12.5. The van der Waals surface area contributed by atoms with Crippen molar-refractivity contribution < 1.29 is 19.1 Å². The quantitative estimate of drug-likeness (QED) is 0.297. The van der Waals surface area contributed by atoms with Gasteiger partial charge in [-0.15, -0.1) is 0 Å². The van der Waals surface area contributed by atoms with Crippen LogP contribution in [0.3, 0.4) is 0 Å². The summed E-state index contributed by atoms with van der Waals surface area (Å²) in [5.74, 6) is -0.697. The summed E-state index contributed by atoms with van der Waals surface area (Å²) in [6, 6.07) is 10.3. The number of ether oxygens (including phenoxy) is 2. The first kappa shape index (κ1) is 20.1. The molecule has 7 heteroatoms. The van der Waals surface area contributed by atoms with Gasteiger partial charge in [-0.25, -0.2) is 0 Å². The van der Waals surface area contributed by atoms with Crippen LogP contribution < -0.4 is 11.1 Å². The predicted octanol–water partition coefficient (Wildman–Crippen LogP) is 1.64. The molecule has 0 fully saturated rings. The SMILES string of the molecule is CNC(=O)/C(=C(\C=N)OC)c1ccc(C[C@H](N)C(=O)OC)c2ccccc12. The van der Waals surface area contributed by atoms with E-state index in [9.17, 15) is 9.59 Å². The molecular formula is C20H23N3O4. The van der Waals surface area contributed by atoms with Crippen LogP contribution in [0, 0.1) is 5.41 Å². The molecule has 142 valence electrons. The fourth-order valence-corrected chi connectivity index (χ4v) is 2.95. The number of esters is 1. The van der Waals surface area contributed by atoms with E-state index in [0.717, 1.165) is 22.6 Å². The van der Waals surface area contributed by atoms with Crippen LogP contribution in [0.4, 0.5) is 0 Å². The lowest BCUT2D eigenvalue weighted by Gasteiger charge is -2.16. The summed E-state index contributed by atoms with van der Waals surface area (Å²) in [6.45, 7) is 0. The molecular weight excluding hydrogens is 346 g/mol. The molecule has 2 aromatic rings. The van der Waals surface area contributed by atoms with Crippen molar-refractivity contribution in [2.24, 2.45) is 5.73 Å². The number of allylic oxidation sites excluding steroid dienone is 1. The number of benzene rings is 2. The monoisotopic (exact) mass is 369 g/mol. The van der Waals surface area contributed by atoms with E-state index in [2.05, 4.69) is 5.32 Å². The smallest absolute Gasteiger partial charge is 0.322 e. The van der Waals surface area contributed by atoms with Gasteiger partial charge < -0.3 is 25.9 Å². The Morgan fingerprint density at radius 1 is 1.15 bits per heavy atom. The van der Waals surface area contributed by atoms with Gasteiger partial charge in [-0.2, -0.15) is 0 Å². The molecule has 0 bridgehead atoms. The zero-order chi connectivity index (χ0) is 20.0. The topological polar surface area (TPSA) is 115 Å². The zero-order valence-corrected chi connectivity index (χ0v) is 15.5. The molecule has 1 amide bonds. The molecule has 2 aromatic carbocycles. The highest BCUT2D eigenvalue weighted by atomic mass is 16.5. The number of fused-ring (bicyclic) bond motifs is 1. The molecule has 0 unspecified atom stereocenters. The maximum Gasteiger partial charge on any atom is 0.322 e. The Bertz CT molecular complexity index is 905. The molecule has 0 saturated carbocycles. The lowest BCUT2D eigenvalue weighted by Crippen LogP contribution is -2.33. The van der Waals surface area contributed by atoms with Gasteiger partial charge in [0.2, 0.25) is 0 Å². The fraction of sp³-hybridized carbons (Fsp3) is 0.250. The number of nitrogens with one attached hydrogen (secondary N) is 2. The second kappa shape index (κ2) is 8.95. The molecule has 7 nitrogen and oxygen atoms in total. The van der Waals surface area contributed by atoms with Gasteiger partial charge in [-0.1, -0.05) is 36.4 Å². The Hall–Kier alpha value is -3.19. The summed E-state index contributed by atoms with van der Waals surface area (Å²) >= 11 is 0. The third kappa shape index (κ3) is 4.15. The largest absolute Gasteiger partial charge is 0.494 e. The van der Waals surface area contributed by atoms with Gasteiger partial charge in [-0.3, -0.25) is 9.59 Å². The number of carbonyl (C=O) groups excluding carboxylic acids is 2. The number of nitrogens with two attached hydrogens (primary N) is 1. The molecule has 0 radical (unpaired) electrons. The minimum Gasteiger partial charge on any atom is -0.494 e. The highest BCUT2D eigenvalue weighted by molar-refractivity contribution is 6.26. The van der Waals surface area contributed by atoms with Crippen molar-refractivity contribution in [3.05, 3.63) is 53.3 Å². The molecule has 0 aliphatic carbocycles. The van der Waals surface area contributed by atoms with Crippen LogP contribution >= 0.6 is 0 Å². The number of carbonyl (C=O) groups is 2. The fourth-order valence-electron chi connectivity index (χ4n) is 2.95. The Kier molecular flexibility index (Phi) is 6.67. The predicted molar refractivity (Wildman–Crippen MR) is 104 cm³/mol. The van der Waals surface area contributed by atoms with Crippen molar-refractivity contribution in [2.75, 3.05) is 21.3 Å². The van der Waals surface area contributed by atoms with Crippen LogP contribution in [0.25, 0.3) is 16.3 Å². The highest BCUT2D eigenvalue weighted by Gasteiger charge is 2.21. The molecule has 0 heterocycles. The average molecular weight is 369 g/mol. The van der Waals surface area contributed by atoms with Gasteiger partial charge in [0.25, 0.3) is 5.91 Å². The van der Waals surface area contributed by atoms with Gasteiger partial charge in [0.1, 0.15) is 11.8 Å². The summed E-state index contributed by atoms with van der Waals surface area (Å²) < 4.78 is 9.92. The lowest BCUT2D eigenvalue weighted by molar-refractivity contribution is -0.142. The zero-order valence-electron chi connectivity index (χ0n) is 15.5.